The summed E-state index contributed by atoms with van der Waals surface area (Å²) < 4.78 is 9.74. The minimum absolute atomic E-state index is 0.271. The molecule has 0 atom stereocenters. The zero-order chi connectivity index (χ0) is 14.5. The molecule has 0 radical (unpaired) electrons. The van der Waals surface area contributed by atoms with Crippen LogP contribution in [0.3, 0.4) is 0 Å². The number of rotatable bonds is 5. The van der Waals surface area contributed by atoms with Crippen LogP contribution in [0.2, 0.25) is 0 Å². The molecule has 0 aliphatic carbocycles. The lowest BCUT2D eigenvalue weighted by atomic mass is 10.4. The van der Waals surface area contributed by atoms with Crippen molar-refractivity contribution in [3.05, 3.63) is 20.8 Å². The number of aromatic nitrogens is 2. The number of carbonyl (C=O) groups is 2. The van der Waals surface area contributed by atoms with Gasteiger partial charge in [-0.05, 0) is 13.8 Å². The van der Waals surface area contributed by atoms with Crippen LogP contribution in [0.15, 0.2) is 10.8 Å². The van der Waals surface area contributed by atoms with Crippen molar-refractivity contribution in [2.75, 3.05) is 13.2 Å². The third-order valence-electron chi connectivity index (χ3n) is 2.17. The molecule has 20 heavy (non-hydrogen) atoms. The van der Waals surface area contributed by atoms with Crippen molar-refractivity contribution < 1.29 is 19.1 Å². The van der Waals surface area contributed by atoms with Crippen LogP contribution in [0.4, 0.5) is 0 Å². The average Bonchev–Trinajstić information content (AvgIpc) is 3.08. The van der Waals surface area contributed by atoms with Crippen molar-refractivity contribution in [1.82, 2.24) is 9.97 Å². The standard InChI is InChI=1S/C12H12N2O4S2/c1-3-17-11(15)9-13-7(5-19-9)8-6-20-10(14-8)12(16)18-4-2/h5-6H,3-4H2,1-2H3. The monoisotopic (exact) mass is 312 g/mol. The Kier molecular flexibility index (Phi) is 4.80. The first-order valence-electron chi connectivity index (χ1n) is 5.91. The summed E-state index contributed by atoms with van der Waals surface area (Å²) in [6, 6.07) is 0. The van der Waals surface area contributed by atoms with Crippen molar-refractivity contribution in [2.45, 2.75) is 13.8 Å². The van der Waals surface area contributed by atoms with Crippen LogP contribution in [0.1, 0.15) is 33.5 Å². The van der Waals surface area contributed by atoms with Gasteiger partial charge in [0.25, 0.3) is 0 Å². The highest BCUT2D eigenvalue weighted by Crippen LogP contribution is 2.24. The van der Waals surface area contributed by atoms with Gasteiger partial charge in [0.2, 0.25) is 10.0 Å². The highest BCUT2D eigenvalue weighted by Gasteiger charge is 2.17. The predicted molar refractivity (Wildman–Crippen MR) is 75.1 cm³/mol. The van der Waals surface area contributed by atoms with E-state index in [-0.39, 0.29) is 10.0 Å². The second kappa shape index (κ2) is 6.58. The second-order valence-electron chi connectivity index (χ2n) is 3.52. The van der Waals surface area contributed by atoms with Crippen molar-refractivity contribution in [2.24, 2.45) is 0 Å². The highest BCUT2D eigenvalue weighted by atomic mass is 32.1. The van der Waals surface area contributed by atoms with Gasteiger partial charge in [0.15, 0.2) is 0 Å². The molecular weight excluding hydrogens is 300 g/mol. The van der Waals surface area contributed by atoms with E-state index in [1.165, 1.54) is 22.7 Å². The summed E-state index contributed by atoms with van der Waals surface area (Å²) in [5.41, 5.74) is 1.09. The minimum Gasteiger partial charge on any atom is -0.461 e. The van der Waals surface area contributed by atoms with Gasteiger partial charge in [0.1, 0.15) is 11.4 Å². The van der Waals surface area contributed by atoms with E-state index in [2.05, 4.69) is 9.97 Å². The van der Waals surface area contributed by atoms with E-state index in [0.29, 0.717) is 24.6 Å². The largest absolute Gasteiger partial charge is 0.461 e. The zero-order valence-corrected chi connectivity index (χ0v) is 12.5. The zero-order valence-electron chi connectivity index (χ0n) is 10.9. The number of esters is 2. The molecule has 2 rings (SSSR count). The molecule has 0 spiro atoms. The molecule has 0 aliphatic rings. The van der Waals surface area contributed by atoms with E-state index in [0.717, 1.165) is 0 Å². The molecule has 0 saturated carbocycles. The van der Waals surface area contributed by atoms with Gasteiger partial charge in [-0.1, -0.05) is 0 Å². The van der Waals surface area contributed by atoms with E-state index < -0.39 is 11.9 Å². The van der Waals surface area contributed by atoms with Crippen molar-refractivity contribution in [1.29, 1.82) is 0 Å². The molecule has 0 aliphatic heterocycles. The van der Waals surface area contributed by atoms with Gasteiger partial charge < -0.3 is 9.47 Å². The Labute approximate surface area is 123 Å². The molecule has 2 heterocycles. The second-order valence-corrected chi connectivity index (χ2v) is 5.23. The molecular formula is C12H12N2O4S2. The van der Waals surface area contributed by atoms with Crippen molar-refractivity contribution in [3.63, 3.8) is 0 Å². The molecule has 0 bridgehead atoms. The maximum atomic E-state index is 11.5. The van der Waals surface area contributed by atoms with Gasteiger partial charge in [-0.25, -0.2) is 19.6 Å². The van der Waals surface area contributed by atoms with Gasteiger partial charge >= 0.3 is 11.9 Å². The van der Waals surface area contributed by atoms with Crippen LogP contribution in [0.25, 0.3) is 11.4 Å². The van der Waals surface area contributed by atoms with E-state index in [1.807, 2.05) is 0 Å². The summed E-state index contributed by atoms with van der Waals surface area (Å²) in [6.07, 6.45) is 0. The Bertz CT molecular complexity index is 566. The van der Waals surface area contributed by atoms with Gasteiger partial charge in [-0.3, -0.25) is 0 Å². The van der Waals surface area contributed by atoms with Crippen LogP contribution < -0.4 is 0 Å². The Morgan fingerprint density at radius 2 is 1.35 bits per heavy atom. The fourth-order valence-corrected chi connectivity index (χ4v) is 2.76. The quantitative estimate of drug-likeness (QED) is 0.790. The first-order valence-corrected chi connectivity index (χ1v) is 7.67. The maximum Gasteiger partial charge on any atom is 0.367 e. The van der Waals surface area contributed by atoms with E-state index in [4.69, 9.17) is 9.47 Å². The molecule has 0 N–H and O–H groups in total. The third kappa shape index (κ3) is 3.20. The highest BCUT2D eigenvalue weighted by molar-refractivity contribution is 7.12. The minimum atomic E-state index is -0.454. The van der Waals surface area contributed by atoms with Crippen LogP contribution in [0.5, 0.6) is 0 Å². The lowest BCUT2D eigenvalue weighted by Gasteiger charge is -1.96. The number of hydrogen-bond donors (Lipinski definition) is 0. The number of thiazole rings is 2. The Balaban J connectivity index is 2.16. The number of hydrogen-bond acceptors (Lipinski definition) is 8. The molecule has 2 aromatic rings. The summed E-state index contributed by atoms with van der Waals surface area (Å²) in [7, 11) is 0. The molecule has 0 aromatic carbocycles. The van der Waals surface area contributed by atoms with Gasteiger partial charge in [0.05, 0.1) is 13.2 Å². The van der Waals surface area contributed by atoms with E-state index >= 15 is 0 Å². The summed E-state index contributed by atoms with van der Waals surface area (Å²) in [6.45, 7) is 4.08. The number of ether oxygens (including phenoxy) is 2. The average molecular weight is 312 g/mol. The molecule has 6 nitrogen and oxygen atoms in total. The lowest BCUT2D eigenvalue weighted by molar-refractivity contribution is 0.0516. The van der Waals surface area contributed by atoms with Gasteiger partial charge in [-0.2, -0.15) is 0 Å². The Morgan fingerprint density at radius 1 is 0.950 bits per heavy atom. The molecule has 0 amide bonds. The summed E-state index contributed by atoms with van der Waals surface area (Å²) in [5, 5.41) is 3.95. The fourth-order valence-electron chi connectivity index (χ4n) is 1.36. The normalized spacial score (nSPS) is 10.3. The molecule has 0 fully saturated rings. The van der Waals surface area contributed by atoms with E-state index in [1.54, 1.807) is 24.6 Å². The summed E-state index contributed by atoms with van der Waals surface area (Å²) >= 11 is 2.37. The summed E-state index contributed by atoms with van der Waals surface area (Å²) in [5.74, 6) is -0.908. The summed E-state index contributed by atoms with van der Waals surface area (Å²) in [4.78, 5) is 31.4. The Hall–Kier alpha value is -1.80. The molecule has 0 unspecified atom stereocenters. The number of carbonyl (C=O) groups excluding carboxylic acids is 2. The Morgan fingerprint density at radius 3 is 1.70 bits per heavy atom. The maximum absolute atomic E-state index is 11.5. The van der Waals surface area contributed by atoms with Gasteiger partial charge in [-0.15, -0.1) is 22.7 Å². The van der Waals surface area contributed by atoms with Gasteiger partial charge in [0, 0.05) is 10.8 Å². The van der Waals surface area contributed by atoms with Crippen molar-refractivity contribution in [3.8, 4) is 11.4 Å². The molecule has 2 aromatic heterocycles. The predicted octanol–water partition coefficient (Wildman–Crippen LogP) is 2.62. The first kappa shape index (κ1) is 14.6. The smallest absolute Gasteiger partial charge is 0.367 e. The van der Waals surface area contributed by atoms with Crippen LogP contribution in [-0.2, 0) is 9.47 Å². The first-order chi connectivity index (χ1) is 9.65. The van der Waals surface area contributed by atoms with Crippen LogP contribution in [-0.4, -0.2) is 35.1 Å². The fraction of sp³-hybridized carbons (Fsp3) is 0.333. The number of nitrogens with zero attached hydrogens (tertiary/aromatic N) is 2. The molecule has 8 heteroatoms. The van der Waals surface area contributed by atoms with Crippen LogP contribution in [0, 0.1) is 0 Å². The molecule has 0 saturated heterocycles. The van der Waals surface area contributed by atoms with Crippen LogP contribution >= 0.6 is 22.7 Å². The SMILES string of the molecule is CCOC(=O)c1nc(-c2csc(C(=O)OCC)n2)cs1. The third-order valence-corrected chi connectivity index (χ3v) is 3.82. The topological polar surface area (TPSA) is 78.4 Å². The molecule has 106 valence electrons. The van der Waals surface area contributed by atoms with E-state index in [9.17, 15) is 9.59 Å². The van der Waals surface area contributed by atoms with Crippen molar-refractivity contribution >= 4 is 34.6 Å². The lowest BCUT2D eigenvalue weighted by Crippen LogP contribution is -2.04.